The maximum Gasteiger partial charge on any atom is 0.264 e. The number of carbonyl (C=O) groups is 1. The summed E-state index contributed by atoms with van der Waals surface area (Å²) in [5, 5.41) is 6.72. The van der Waals surface area contributed by atoms with E-state index in [1.54, 1.807) is 23.1 Å². The standard InChI is InChI=1S/C15H19N5OS2/c1-2-18-5-7-19(8-6-18)12(11-4-3-9-22-11)13-14(21)20-15(23-13)16-10-17-20/h3-4,9-10,12-13H,2,5-8H2,1H3. The summed E-state index contributed by atoms with van der Waals surface area (Å²) in [6.45, 7) is 7.41. The average molecular weight is 349 g/mol. The first-order chi connectivity index (χ1) is 11.3. The second kappa shape index (κ2) is 6.35. The molecule has 4 heterocycles. The van der Waals surface area contributed by atoms with Crippen LogP contribution in [-0.4, -0.2) is 68.4 Å². The van der Waals surface area contributed by atoms with Gasteiger partial charge in [0.05, 0.1) is 6.04 Å². The predicted octanol–water partition coefficient (Wildman–Crippen LogP) is 1.83. The molecule has 4 rings (SSSR count). The molecule has 8 heteroatoms. The minimum Gasteiger partial charge on any atom is -0.301 e. The van der Waals surface area contributed by atoms with E-state index >= 15 is 0 Å². The Morgan fingerprint density at radius 3 is 2.83 bits per heavy atom. The van der Waals surface area contributed by atoms with Crippen molar-refractivity contribution in [2.75, 3.05) is 32.7 Å². The third-order valence-corrected chi connectivity index (χ3v) is 6.72. The van der Waals surface area contributed by atoms with E-state index in [-0.39, 0.29) is 17.2 Å². The molecule has 2 atom stereocenters. The van der Waals surface area contributed by atoms with Crippen molar-refractivity contribution in [2.45, 2.75) is 23.4 Å². The van der Waals surface area contributed by atoms with E-state index in [1.165, 1.54) is 15.9 Å². The van der Waals surface area contributed by atoms with E-state index in [4.69, 9.17) is 0 Å². The second-order valence-electron chi connectivity index (χ2n) is 5.76. The highest BCUT2D eigenvalue weighted by molar-refractivity contribution is 8.01. The lowest BCUT2D eigenvalue weighted by molar-refractivity contribution is 0.0745. The van der Waals surface area contributed by atoms with Gasteiger partial charge in [-0.05, 0) is 18.0 Å². The summed E-state index contributed by atoms with van der Waals surface area (Å²) < 4.78 is 1.46. The van der Waals surface area contributed by atoms with E-state index in [0.29, 0.717) is 5.16 Å². The zero-order valence-corrected chi connectivity index (χ0v) is 14.6. The quantitative estimate of drug-likeness (QED) is 0.839. The molecular formula is C15H19N5OS2. The molecule has 0 bridgehead atoms. The summed E-state index contributed by atoms with van der Waals surface area (Å²) in [6, 6.07) is 4.31. The van der Waals surface area contributed by atoms with E-state index < -0.39 is 0 Å². The molecule has 122 valence electrons. The minimum absolute atomic E-state index is 0.0545. The first kappa shape index (κ1) is 15.3. The maximum absolute atomic E-state index is 12.8. The van der Waals surface area contributed by atoms with Gasteiger partial charge in [-0.3, -0.25) is 9.69 Å². The summed E-state index contributed by atoms with van der Waals surface area (Å²) in [7, 11) is 0. The molecule has 2 aliphatic rings. The van der Waals surface area contributed by atoms with Gasteiger partial charge < -0.3 is 4.90 Å². The first-order valence-corrected chi connectivity index (χ1v) is 9.64. The third-order valence-electron chi connectivity index (χ3n) is 4.57. The van der Waals surface area contributed by atoms with Crippen molar-refractivity contribution in [3.05, 3.63) is 28.7 Å². The molecule has 0 spiro atoms. The summed E-state index contributed by atoms with van der Waals surface area (Å²) in [5.41, 5.74) is 0. The Bertz CT molecular complexity index is 678. The number of rotatable bonds is 4. The number of thioether (sulfide) groups is 1. The summed E-state index contributed by atoms with van der Waals surface area (Å²) in [6.07, 6.45) is 1.45. The van der Waals surface area contributed by atoms with Crippen molar-refractivity contribution < 1.29 is 4.79 Å². The average Bonchev–Trinajstić information content (AvgIpc) is 3.30. The third kappa shape index (κ3) is 2.73. The zero-order valence-electron chi connectivity index (χ0n) is 13.0. The van der Waals surface area contributed by atoms with Gasteiger partial charge in [-0.2, -0.15) is 9.78 Å². The van der Waals surface area contributed by atoms with Crippen LogP contribution >= 0.6 is 23.1 Å². The lowest BCUT2D eigenvalue weighted by atomic mass is 10.1. The summed E-state index contributed by atoms with van der Waals surface area (Å²) in [5.74, 6) is 0.0545. The lowest BCUT2D eigenvalue weighted by Gasteiger charge is -2.40. The Hall–Kier alpha value is -1.22. The molecule has 1 saturated heterocycles. The van der Waals surface area contributed by atoms with Gasteiger partial charge in [-0.15, -0.1) is 11.3 Å². The van der Waals surface area contributed by atoms with E-state index in [1.807, 2.05) is 0 Å². The fourth-order valence-electron chi connectivity index (χ4n) is 3.28. The number of piperazine rings is 1. The van der Waals surface area contributed by atoms with Crippen LogP contribution < -0.4 is 0 Å². The van der Waals surface area contributed by atoms with Crippen molar-refractivity contribution in [2.24, 2.45) is 0 Å². The molecule has 0 aromatic carbocycles. The highest BCUT2D eigenvalue weighted by atomic mass is 32.2. The van der Waals surface area contributed by atoms with Crippen LogP contribution in [0.25, 0.3) is 0 Å². The van der Waals surface area contributed by atoms with Crippen LogP contribution in [0.3, 0.4) is 0 Å². The molecule has 2 aromatic rings. The van der Waals surface area contributed by atoms with Gasteiger partial charge in [0, 0.05) is 31.1 Å². The largest absolute Gasteiger partial charge is 0.301 e. The number of nitrogens with zero attached hydrogens (tertiary/aromatic N) is 5. The SMILES string of the molecule is CCN1CCN(C(c2cccs2)C2Sc3ncnn3C2=O)CC1. The van der Waals surface area contributed by atoms with Crippen LogP contribution in [0.15, 0.2) is 29.0 Å². The maximum atomic E-state index is 12.8. The van der Waals surface area contributed by atoms with E-state index in [0.717, 1.165) is 32.7 Å². The Morgan fingerprint density at radius 1 is 1.35 bits per heavy atom. The molecule has 0 radical (unpaired) electrons. The van der Waals surface area contributed by atoms with Crippen LogP contribution in [0.1, 0.15) is 22.6 Å². The number of thiophene rings is 1. The monoisotopic (exact) mass is 349 g/mol. The number of likely N-dealkylation sites (N-methyl/N-ethyl adjacent to an activating group) is 1. The second-order valence-corrected chi connectivity index (χ2v) is 7.85. The van der Waals surface area contributed by atoms with Crippen molar-refractivity contribution in [3.8, 4) is 0 Å². The Labute approximate surface area is 143 Å². The Kier molecular flexibility index (Phi) is 4.23. The molecule has 1 fully saturated rings. The van der Waals surface area contributed by atoms with E-state index in [2.05, 4.69) is 44.3 Å². The molecule has 2 aliphatic heterocycles. The molecule has 2 unspecified atom stereocenters. The molecule has 0 amide bonds. The molecule has 0 aliphatic carbocycles. The topological polar surface area (TPSA) is 54.3 Å². The Morgan fingerprint density at radius 2 is 2.17 bits per heavy atom. The number of fused-ring (bicyclic) bond motifs is 1. The molecule has 23 heavy (non-hydrogen) atoms. The summed E-state index contributed by atoms with van der Waals surface area (Å²) in [4.78, 5) is 23.1. The number of carbonyl (C=O) groups excluding carboxylic acids is 1. The van der Waals surface area contributed by atoms with Crippen molar-refractivity contribution in [1.82, 2.24) is 24.6 Å². The molecule has 0 saturated carbocycles. The van der Waals surface area contributed by atoms with Crippen LogP contribution in [0, 0.1) is 0 Å². The predicted molar refractivity (Wildman–Crippen MR) is 91.0 cm³/mol. The fraction of sp³-hybridized carbons (Fsp3) is 0.533. The van der Waals surface area contributed by atoms with Gasteiger partial charge >= 0.3 is 0 Å². The van der Waals surface area contributed by atoms with Gasteiger partial charge in [-0.1, -0.05) is 24.8 Å². The van der Waals surface area contributed by atoms with Crippen molar-refractivity contribution in [3.63, 3.8) is 0 Å². The van der Waals surface area contributed by atoms with Gasteiger partial charge in [0.15, 0.2) is 5.16 Å². The van der Waals surface area contributed by atoms with Crippen LogP contribution in [0.5, 0.6) is 0 Å². The zero-order chi connectivity index (χ0) is 15.8. The van der Waals surface area contributed by atoms with Crippen LogP contribution in [0.2, 0.25) is 0 Å². The highest BCUT2D eigenvalue weighted by Crippen LogP contribution is 2.42. The van der Waals surface area contributed by atoms with E-state index in [9.17, 15) is 4.79 Å². The van der Waals surface area contributed by atoms with Gasteiger partial charge in [0.1, 0.15) is 11.6 Å². The number of hydrogen-bond acceptors (Lipinski definition) is 7. The number of aromatic nitrogens is 3. The molecule has 0 N–H and O–H groups in total. The van der Waals surface area contributed by atoms with Crippen molar-refractivity contribution in [1.29, 1.82) is 0 Å². The van der Waals surface area contributed by atoms with Gasteiger partial charge in [0.2, 0.25) is 0 Å². The first-order valence-electron chi connectivity index (χ1n) is 7.88. The summed E-state index contributed by atoms with van der Waals surface area (Å²) >= 11 is 3.28. The normalized spacial score (nSPS) is 24.0. The smallest absolute Gasteiger partial charge is 0.264 e. The van der Waals surface area contributed by atoms with Gasteiger partial charge in [-0.25, -0.2) is 4.98 Å². The minimum atomic E-state index is -0.155. The molecule has 2 aromatic heterocycles. The lowest BCUT2D eigenvalue weighted by Crippen LogP contribution is -2.50. The number of hydrogen-bond donors (Lipinski definition) is 0. The van der Waals surface area contributed by atoms with Crippen molar-refractivity contribution >= 4 is 29.0 Å². The molecular weight excluding hydrogens is 330 g/mol. The molecule has 6 nitrogen and oxygen atoms in total. The van der Waals surface area contributed by atoms with Crippen LogP contribution in [0.4, 0.5) is 0 Å². The van der Waals surface area contributed by atoms with Crippen LogP contribution in [-0.2, 0) is 0 Å². The fourth-order valence-corrected chi connectivity index (χ4v) is 5.49. The highest BCUT2D eigenvalue weighted by Gasteiger charge is 2.43. The Balaban J connectivity index is 1.60. The van der Waals surface area contributed by atoms with Gasteiger partial charge in [0.25, 0.3) is 5.91 Å².